The number of sulfonamides is 1. The molecule has 1 aromatic carbocycles. The first-order valence-electron chi connectivity index (χ1n) is 8.98. The van der Waals surface area contributed by atoms with E-state index in [1.807, 2.05) is 24.4 Å². The molecule has 1 amide bonds. The zero-order valence-corrected chi connectivity index (χ0v) is 18.7. The molecule has 1 aliphatic heterocycles. The first kappa shape index (κ1) is 20.5. The maximum atomic E-state index is 12.8. The second-order valence-electron chi connectivity index (χ2n) is 6.66. The van der Waals surface area contributed by atoms with Crippen LogP contribution in [0.2, 0.25) is 5.02 Å². The Morgan fingerprint density at radius 1 is 1.21 bits per heavy atom. The van der Waals surface area contributed by atoms with Crippen molar-refractivity contribution in [2.75, 3.05) is 18.4 Å². The van der Waals surface area contributed by atoms with Gasteiger partial charge in [-0.2, -0.15) is 4.31 Å². The summed E-state index contributed by atoms with van der Waals surface area (Å²) in [6.45, 7) is 3.02. The summed E-state index contributed by atoms with van der Waals surface area (Å²) < 4.78 is 27.0. The van der Waals surface area contributed by atoms with Crippen LogP contribution in [0.1, 0.15) is 28.1 Å². The van der Waals surface area contributed by atoms with Gasteiger partial charge in [-0.3, -0.25) is 10.1 Å². The second-order valence-corrected chi connectivity index (χ2v) is 11.1. The van der Waals surface area contributed by atoms with Crippen LogP contribution < -0.4 is 5.32 Å². The Kier molecular flexibility index (Phi) is 5.76. The normalized spacial score (nSPS) is 15.0. The van der Waals surface area contributed by atoms with E-state index in [9.17, 15) is 13.2 Å². The molecule has 0 aliphatic carbocycles. The molecular formula is C19H18ClN3O3S3. The highest BCUT2D eigenvalue weighted by Gasteiger charge is 2.28. The molecule has 0 unspecified atom stereocenters. The van der Waals surface area contributed by atoms with Gasteiger partial charge in [-0.1, -0.05) is 11.6 Å². The van der Waals surface area contributed by atoms with Crippen LogP contribution in [0.4, 0.5) is 5.13 Å². The predicted octanol–water partition coefficient (Wildman–Crippen LogP) is 4.87. The summed E-state index contributed by atoms with van der Waals surface area (Å²) in [6, 6.07) is 8.23. The number of hydrogen-bond donors (Lipinski definition) is 1. The topological polar surface area (TPSA) is 79.4 Å². The third-order valence-electron chi connectivity index (χ3n) is 4.60. The number of aryl methyl sites for hydroxylation is 1. The zero-order valence-electron chi connectivity index (χ0n) is 15.5. The van der Waals surface area contributed by atoms with E-state index < -0.39 is 15.9 Å². The molecule has 6 nitrogen and oxygen atoms in total. The highest BCUT2D eigenvalue weighted by Crippen LogP contribution is 2.31. The van der Waals surface area contributed by atoms with Gasteiger partial charge in [0.2, 0.25) is 10.0 Å². The van der Waals surface area contributed by atoms with Crippen molar-refractivity contribution in [3.05, 3.63) is 51.2 Å². The third kappa shape index (κ3) is 4.24. The number of benzene rings is 1. The Morgan fingerprint density at radius 2 is 1.97 bits per heavy atom. The molecule has 3 aromatic rings. The lowest BCUT2D eigenvalue weighted by Gasteiger charge is -2.16. The molecule has 1 aliphatic rings. The van der Waals surface area contributed by atoms with Crippen LogP contribution in [0.15, 0.2) is 40.6 Å². The van der Waals surface area contributed by atoms with Gasteiger partial charge in [0, 0.05) is 23.3 Å². The number of carbonyl (C=O) groups is 1. The number of amides is 1. The minimum absolute atomic E-state index is 0.0721. The minimum Gasteiger partial charge on any atom is -0.298 e. The number of thiazole rings is 1. The van der Waals surface area contributed by atoms with Crippen LogP contribution in [0, 0.1) is 6.92 Å². The van der Waals surface area contributed by atoms with Gasteiger partial charge in [-0.15, -0.1) is 22.7 Å². The largest absolute Gasteiger partial charge is 0.298 e. The lowest BCUT2D eigenvalue weighted by atomic mass is 10.2. The van der Waals surface area contributed by atoms with Crippen LogP contribution >= 0.6 is 34.3 Å². The molecule has 0 saturated carbocycles. The highest BCUT2D eigenvalue weighted by molar-refractivity contribution is 7.89. The van der Waals surface area contributed by atoms with Crippen molar-refractivity contribution >= 4 is 55.3 Å². The van der Waals surface area contributed by atoms with Gasteiger partial charge in [0.05, 0.1) is 26.1 Å². The zero-order chi connectivity index (χ0) is 20.6. The number of halogens is 1. The van der Waals surface area contributed by atoms with Crippen LogP contribution in [0.25, 0.3) is 10.6 Å². The number of nitrogens with zero attached hydrogens (tertiary/aromatic N) is 2. The van der Waals surface area contributed by atoms with E-state index in [4.69, 9.17) is 11.6 Å². The lowest BCUT2D eigenvalue weighted by molar-refractivity contribution is 0.102. The maximum Gasteiger partial charge on any atom is 0.259 e. The third-order valence-corrected chi connectivity index (χ3v) is 8.61. The molecule has 0 atom stereocenters. The van der Waals surface area contributed by atoms with E-state index in [1.54, 1.807) is 11.3 Å². The van der Waals surface area contributed by atoms with Crippen molar-refractivity contribution in [2.24, 2.45) is 0 Å². The molecule has 1 fully saturated rings. The van der Waals surface area contributed by atoms with E-state index in [0.29, 0.717) is 18.2 Å². The highest BCUT2D eigenvalue weighted by atomic mass is 35.5. The standard InChI is InChI=1S/C19H18ClN3O3S3/c1-12-4-7-17(28-12)16-11-27-19(21-16)22-18(24)14-10-13(5-6-15(14)20)29(25,26)23-8-2-3-9-23/h4-7,10-11H,2-3,8-9H2,1H3,(H,21,22,24). The molecular weight excluding hydrogens is 450 g/mol. The molecule has 4 rings (SSSR count). The summed E-state index contributed by atoms with van der Waals surface area (Å²) >= 11 is 9.12. The van der Waals surface area contributed by atoms with Crippen LogP contribution in [0.5, 0.6) is 0 Å². The van der Waals surface area contributed by atoms with Crippen molar-refractivity contribution in [1.29, 1.82) is 0 Å². The van der Waals surface area contributed by atoms with Gasteiger partial charge in [-0.05, 0) is 50.1 Å². The summed E-state index contributed by atoms with van der Waals surface area (Å²) in [6.07, 6.45) is 1.69. The van der Waals surface area contributed by atoms with E-state index in [2.05, 4.69) is 10.3 Å². The van der Waals surface area contributed by atoms with Crippen LogP contribution in [-0.2, 0) is 10.0 Å². The molecule has 10 heteroatoms. The fourth-order valence-corrected chi connectivity index (χ4v) is 6.45. The van der Waals surface area contributed by atoms with Crippen molar-refractivity contribution in [3.63, 3.8) is 0 Å². The Bertz CT molecular complexity index is 1160. The molecule has 0 spiro atoms. The molecule has 0 radical (unpaired) electrons. The van der Waals surface area contributed by atoms with Gasteiger partial charge in [0.15, 0.2) is 5.13 Å². The molecule has 1 N–H and O–H groups in total. The Hall–Kier alpha value is -1.78. The van der Waals surface area contributed by atoms with Gasteiger partial charge < -0.3 is 0 Å². The number of hydrogen-bond acceptors (Lipinski definition) is 6. The van der Waals surface area contributed by atoms with Crippen molar-refractivity contribution in [2.45, 2.75) is 24.7 Å². The Balaban J connectivity index is 1.57. The van der Waals surface area contributed by atoms with E-state index in [0.717, 1.165) is 23.4 Å². The lowest BCUT2D eigenvalue weighted by Crippen LogP contribution is -2.28. The number of aromatic nitrogens is 1. The molecule has 1 saturated heterocycles. The number of anilines is 1. The average molecular weight is 468 g/mol. The average Bonchev–Trinajstić information content (AvgIpc) is 3.43. The summed E-state index contributed by atoms with van der Waals surface area (Å²) in [4.78, 5) is 19.5. The summed E-state index contributed by atoms with van der Waals surface area (Å²) in [5.74, 6) is -0.489. The summed E-state index contributed by atoms with van der Waals surface area (Å²) in [7, 11) is -3.63. The van der Waals surface area contributed by atoms with Crippen LogP contribution in [0.3, 0.4) is 0 Å². The Labute approximate surface area is 182 Å². The van der Waals surface area contributed by atoms with Crippen LogP contribution in [-0.4, -0.2) is 36.7 Å². The first-order chi connectivity index (χ1) is 13.8. The second kappa shape index (κ2) is 8.16. The SMILES string of the molecule is Cc1ccc(-c2csc(NC(=O)c3cc(S(=O)(=O)N4CCCC4)ccc3Cl)n2)s1. The van der Waals surface area contributed by atoms with E-state index >= 15 is 0 Å². The monoisotopic (exact) mass is 467 g/mol. The van der Waals surface area contributed by atoms with E-state index in [1.165, 1.54) is 38.7 Å². The summed E-state index contributed by atoms with van der Waals surface area (Å²) in [5.41, 5.74) is 0.899. The fraction of sp³-hybridized carbons (Fsp3) is 0.263. The number of carbonyl (C=O) groups excluding carboxylic acids is 1. The number of thiophene rings is 1. The molecule has 29 heavy (non-hydrogen) atoms. The van der Waals surface area contributed by atoms with Crippen molar-refractivity contribution in [3.8, 4) is 10.6 Å². The van der Waals surface area contributed by atoms with Crippen molar-refractivity contribution in [1.82, 2.24) is 9.29 Å². The fourth-order valence-electron chi connectivity index (χ4n) is 3.10. The number of rotatable bonds is 5. The number of nitrogens with one attached hydrogen (secondary N) is 1. The molecule has 0 bridgehead atoms. The van der Waals surface area contributed by atoms with Gasteiger partial charge in [0.25, 0.3) is 5.91 Å². The first-order valence-corrected chi connectivity index (χ1v) is 12.5. The quantitative estimate of drug-likeness (QED) is 0.580. The predicted molar refractivity (Wildman–Crippen MR) is 118 cm³/mol. The maximum absolute atomic E-state index is 12.8. The van der Waals surface area contributed by atoms with E-state index in [-0.39, 0.29) is 15.5 Å². The molecule has 2 aromatic heterocycles. The molecule has 3 heterocycles. The Morgan fingerprint density at radius 3 is 2.66 bits per heavy atom. The smallest absolute Gasteiger partial charge is 0.259 e. The minimum atomic E-state index is -3.63. The van der Waals surface area contributed by atoms with Gasteiger partial charge >= 0.3 is 0 Å². The van der Waals surface area contributed by atoms with Gasteiger partial charge in [-0.25, -0.2) is 13.4 Å². The molecule has 152 valence electrons. The summed E-state index contributed by atoms with van der Waals surface area (Å²) in [5, 5.41) is 5.22. The van der Waals surface area contributed by atoms with Crippen molar-refractivity contribution < 1.29 is 13.2 Å². The van der Waals surface area contributed by atoms with Gasteiger partial charge in [0.1, 0.15) is 0 Å².